The zero-order valence-electron chi connectivity index (χ0n) is 16.2. The van der Waals surface area contributed by atoms with Gasteiger partial charge in [-0.3, -0.25) is 4.79 Å². The van der Waals surface area contributed by atoms with Crippen molar-refractivity contribution in [2.45, 2.75) is 38.6 Å². The van der Waals surface area contributed by atoms with Gasteiger partial charge in [0.2, 0.25) is 0 Å². The Labute approximate surface area is 159 Å². The number of carbonyl (C=O) groups excluding carboxylic acids is 1. The molecule has 2 aromatic heterocycles. The molecule has 1 aliphatic heterocycles. The molecule has 5 nitrogen and oxygen atoms in total. The monoisotopic (exact) mass is 365 g/mol. The highest BCUT2D eigenvalue weighted by Gasteiger charge is 2.27. The zero-order valence-corrected chi connectivity index (χ0v) is 16.2. The van der Waals surface area contributed by atoms with Crippen LogP contribution in [0.4, 0.5) is 0 Å². The van der Waals surface area contributed by atoms with Crippen LogP contribution in [0, 0.1) is 0 Å². The lowest BCUT2D eigenvalue weighted by Gasteiger charge is -2.32. The van der Waals surface area contributed by atoms with E-state index in [2.05, 4.69) is 41.7 Å². The van der Waals surface area contributed by atoms with Crippen molar-refractivity contribution in [1.82, 2.24) is 14.5 Å². The number of nitrogens with zero attached hydrogens (tertiary/aromatic N) is 2. The quantitative estimate of drug-likeness (QED) is 0.736. The lowest BCUT2D eigenvalue weighted by atomic mass is 9.89. The number of hydrogen-bond acceptors (Lipinski definition) is 2. The molecule has 0 bridgehead atoms. The van der Waals surface area contributed by atoms with Gasteiger partial charge in [0.15, 0.2) is 0 Å². The highest BCUT2D eigenvalue weighted by Crippen LogP contribution is 2.35. The topological polar surface area (TPSA) is 50.3 Å². The molecule has 0 radical (unpaired) electrons. The van der Waals surface area contributed by atoms with Crippen LogP contribution >= 0.6 is 0 Å². The number of carbonyl (C=O) groups is 1. The predicted molar refractivity (Wildman–Crippen MR) is 108 cm³/mol. The van der Waals surface area contributed by atoms with Crippen LogP contribution in [0.1, 0.15) is 54.7 Å². The van der Waals surface area contributed by atoms with Crippen molar-refractivity contribution >= 4 is 16.8 Å². The first-order chi connectivity index (χ1) is 13.1. The van der Waals surface area contributed by atoms with Crippen molar-refractivity contribution in [3.8, 4) is 5.75 Å². The third-order valence-electron chi connectivity index (χ3n) is 5.70. The molecule has 27 heavy (non-hydrogen) atoms. The molecular weight excluding hydrogens is 338 g/mol. The number of hydrogen-bond donors (Lipinski definition) is 1. The Kier molecular flexibility index (Phi) is 4.68. The number of H-pyrrole nitrogens is 1. The third kappa shape index (κ3) is 3.22. The summed E-state index contributed by atoms with van der Waals surface area (Å²) in [5.41, 5.74) is 3.26. The fourth-order valence-corrected chi connectivity index (χ4v) is 4.17. The molecule has 5 heteroatoms. The fraction of sp³-hybridized carbons (Fsp3) is 0.409. The van der Waals surface area contributed by atoms with Gasteiger partial charge >= 0.3 is 0 Å². The molecule has 0 aliphatic carbocycles. The average molecular weight is 365 g/mol. The molecule has 0 atom stereocenters. The first kappa shape index (κ1) is 17.7. The summed E-state index contributed by atoms with van der Waals surface area (Å²) in [6.45, 7) is 5.80. The van der Waals surface area contributed by atoms with Crippen LogP contribution in [0.15, 0.2) is 42.7 Å². The molecule has 0 unspecified atom stereocenters. The lowest BCUT2D eigenvalue weighted by Crippen LogP contribution is -2.38. The number of fused-ring (bicyclic) bond motifs is 1. The summed E-state index contributed by atoms with van der Waals surface area (Å²) in [4.78, 5) is 18.3. The number of benzene rings is 1. The largest absolute Gasteiger partial charge is 0.497 e. The summed E-state index contributed by atoms with van der Waals surface area (Å²) in [5.74, 6) is 1.49. The summed E-state index contributed by atoms with van der Waals surface area (Å²) in [7, 11) is 1.70. The molecule has 3 aromatic rings. The number of ether oxygens (including phenoxy) is 1. The molecular formula is C22H27N3O2. The van der Waals surface area contributed by atoms with Gasteiger partial charge in [-0.15, -0.1) is 0 Å². The number of aromatic nitrogens is 2. The molecule has 1 N–H and O–H groups in total. The van der Waals surface area contributed by atoms with Crippen LogP contribution in [0.25, 0.3) is 10.9 Å². The van der Waals surface area contributed by atoms with Crippen molar-refractivity contribution in [2.24, 2.45) is 0 Å². The third-order valence-corrected chi connectivity index (χ3v) is 5.70. The Bertz CT molecular complexity index is 946. The van der Waals surface area contributed by atoms with Crippen LogP contribution < -0.4 is 4.74 Å². The Morgan fingerprint density at radius 3 is 2.70 bits per heavy atom. The van der Waals surface area contributed by atoms with E-state index in [0.717, 1.165) is 42.9 Å². The van der Waals surface area contributed by atoms with E-state index < -0.39 is 0 Å². The van der Waals surface area contributed by atoms with Crippen LogP contribution in [-0.4, -0.2) is 40.6 Å². The highest BCUT2D eigenvalue weighted by atomic mass is 16.5. The van der Waals surface area contributed by atoms with Gasteiger partial charge in [-0.1, -0.05) is 0 Å². The van der Waals surface area contributed by atoms with Gasteiger partial charge in [0.05, 0.1) is 7.11 Å². The number of rotatable bonds is 4. The van der Waals surface area contributed by atoms with E-state index in [1.807, 2.05) is 29.3 Å². The minimum atomic E-state index is 0.146. The van der Waals surface area contributed by atoms with Crippen LogP contribution in [0.3, 0.4) is 0 Å². The first-order valence-electron chi connectivity index (χ1n) is 9.69. The van der Waals surface area contributed by atoms with E-state index in [0.29, 0.717) is 5.92 Å². The van der Waals surface area contributed by atoms with Crippen LogP contribution in [-0.2, 0) is 0 Å². The average Bonchev–Trinajstić information content (AvgIpc) is 3.34. The molecule has 1 saturated heterocycles. The van der Waals surface area contributed by atoms with E-state index >= 15 is 0 Å². The summed E-state index contributed by atoms with van der Waals surface area (Å²) in [6.07, 6.45) is 6.08. The smallest absolute Gasteiger partial charge is 0.270 e. The highest BCUT2D eigenvalue weighted by molar-refractivity contribution is 5.93. The maximum absolute atomic E-state index is 13.0. The molecule has 142 valence electrons. The molecule has 1 aromatic carbocycles. The molecule has 3 heterocycles. The van der Waals surface area contributed by atoms with Gasteiger partial charge in [0.1, 0.15) is 11.4 Å². The van der Waals surface area contributed by atoms with Gasteiger partial charge in [0, 0.05) is 42.4 Å². The molecule has 1 aliphatic rings. The van der Waals surface area contributed by atoms with E-state index in [1.54, 1.807) is 7.11 Å². The second kappa shape index (κ2) is 7.14. The van der Waals surface area contributed by atoms with Crippen molar-refractivity contribution in [3.63, 3.8) is 0 Å². The minimum absolute atomic E-state index is 0.146. The second-order valence-corrected chi connectivity index (χ2v) is 7.62. The molecule has 1 amide bonds. The van der Waals surface area contributed by atoms with E-state index in [4.69, 9.17) is 4.74 Å². The van der Waals surface area contributed by atoms with E-state index in [9.17, 15) is 4.79 Å². The van der Waals surface area contributed by atoms with Gasteiger partial charge in [-0.05, 0) is 68.5 Å². The van der Waals surface area contributed by atoms with Gasteiger partial charge in [0.25, 0.3) is 5.91 Å². The number of likely N-dealkylation sites (tertiary alicyclic amines) is 1. The zero-order chi connectivity index (χ0) is 19.0. The normalized spacial score (nSPS) is 15.6. The number of piperidine rings is 1. The Morgan fingerprint density at radius 1 is 1.22 bits per heavy atom. The van der Waals surface area contributed by atoms with E-state index in [-0.39, 0.29) is 11.9 Å². The van der Waals surface area contributed by atoms with E-state index in [1.165, 1.54) is 10.9 Å². The fourth-order valence-electron chi connectivity index (χ4n) is 4.17. The summed E-state index contributed by atoms with van der Waals surface area (Å²) < 4.78 is 7.44. The standard InChI is InChI=1S/C22H27N3O2/c1-15(2)25-10-4-5-21(25)22(26)24-11-8-16(9-12-24)19-14-23-20-7-6-17(27-3)13-18(19)20/h4-7,10,13-16,23H,8-9,11-12H2,1-3H3. The SMILES string of the molecule is COc1ccc2[nH]cc(C3CCN(C(=O)c4cccn4C(C)C)CC3)c2c1. The first-order valence-corrected chi connectivity index (χ1v) is 9.69. The Hall–Kier alpha value is -2.69. The van der Waals surface area contributed by atoms with Crippen molar-refractivity contribution in [1.29, 1.82) is 0 Å². The van der Waals surface area contributed by atoms with Gasteiger partial charge < -0.3 is 19.2 Å². The summed E-state index contributed by atoms with van der Waals surface area (Å²) in [5, 5.41) is 1.23. The number of nitrogens with one attached hydrogen (secondary N) is 1. The maximum atomic E-state index is 13.0. The second-order valence-electron chi connectivity index (χ2n) is 7.62. The summed E-state index contributed by atoms with van der Waals surface area (Å²) in [6, 6.07) is 10.3. The summed E-state index contributed by atoms with van der Waals surface area (Å²) >= 11 is 0. The Balaban J connectivity index is 1.49. The number of aromatic amines is 1. The molecule has 4 rings (SSSR count). The number of methoxy groups -OCH3 is 1. The van der Waals surface area contributed by atoms with Crippen molar-refractivity contribution in [2.75, 3.05) is 20.2 Å². The Morgan fingerprint density at radius 2 is 2.00 bits per heavy atom. The predicted octanol–water partition coefficient (Wildman–Crippen LogP) is 4.58. The van der Waals surface area contributed by atoms with Crippen LogP contribution in [0.5, 0.6) is 5.75 Å². The van der Waals surface area contributed by atoms with Gasteiger partial charge in [-0.2, -0.15) is 0 Å². The van der Waals surface area contributed by atoms with Gasteiger partial charge in [-0.25, -0.2) is 0 Å². The van der Waals surface area contributed by atoms with Crippen LogP contribution in [0.2, 0.25) is 0 Å². The molecule has 0 saturated carbocycles. The maximum Gasteiger partial charge on any atom is 0.270 e. The molecule has 0 spiro atoms. The van der Waals surface area contributed by atoms with Crippen molar-refractivity contribution in [3.05, 3.63) is 54.0 Å². The minimum Gasteiger partial charge on any atom is -0.497 e. The lowest BCUT2D eigenvalue weighted by molar-refractivity contribution is 0.0700. The van der Waals surface area contributed by atoms with Crippen molar-refractivity contribution < 1.29 is 9.53 Å². The molecule has 1 fully saturated rings. The number of amides is 1.